The summed E-state index contributed by atoms with van der Waals surface area (Å²) in [4.78, 5) is 9.93. The number of hydrogen-bond acceptors (Lipinski definition) is 4. The summed E-state index contributed by atoms with van der Waals surface area (Å²) in [6.07, 6.45) is 3.78. The number of fused-ring (bicyclic) bond motifs is 1. The van der Waals surface area contributed by atoms with E-state index in [1.165, 1.54) is 15.8 Å². The lowest BCUT2D eigenvalue weighted by Crippen LogP contribution is -2.16. The molecule has 3 rings (SSSR count). The zero-order valence-electron chi connectivity index (χ0n) is 10.9. The summed E-state index contributed by atoms with van der Waals surface area (Å²) in [5.41, 5.74) is 2.27. The number of benzene rings is 1. The van der Waals surface area contributed by atoms with Crippen LogP contribution in [0, 0.1) is 6.92 Å². The van der Waals surface area contributed by atoms with Gasteiger partial charge in [-0.25, -0.2) is 4.98 Å². The van der Waals surface area contributed by atoms with Gasteiger partial charge in [0.05, 0.1) is 16.6 Å². The maximum atomic E-state index is 4.35. The number of nitrogens with zero attached hydrogens (tertiary/aromatic N) is 2. The highest BCUT2D eigenvalue weighted by Gasteiger charge is 2.14. The lowest BCUT2D eigenvalue weighted by Gasteiger charge is -2.15. The van der Waals surface area contributed by atoms with Crippen LogP contribution in [0.5, 0.6) is 0 Å². The van der Waals surface area contributed by atoms with Crippen molar-refractivity contribution in [3.05, 3.63) is 58.2 Å². The molecule has 0 aliphatic rings. The second kappa shape index (κ2) is 5.07. The molecule has 1 atom stereocenters. The van der Waals surface area contributed by atoms with Crippen molar-refractivity contribution in [3.8, 4) is 0 Å². The Morgan fingerprint density at radius 3 is 2.84 bits per heavy atom. The molecule has 0 saturated carbocycles. The first kappa shape index (κ1) is 12.3. The molecule has 1 aromatic carbocycles. The largest absolute Gasteiger partial charge is 0.309 e. The van der Waals surface area contributed by atoms with Crippen molar-refractivity contribution in [3.63, 3.8) is 0 Å². The van der Waals surface area contributed by atoms with E-state index in [1.807, 2.05) is 32.4 Å². The zero-order chi connectivity index (χ0) is 13.2. The Balaban J connectivity index is 2.06. The third kappa shape index (κ3) is 2.37. The molecule has 0 aliphatic heterocycles. The van der Waals surface area contributed by atoms with Crippen molar-refractivity contribution in [1.29, 1.82) is 0 Å². The van der Waals surface area contributed by atoms with E-state index in [9.17, 15) is 0 Å². The second-order valence-electron chi connectivity index (χ2n) is 4.46. The number of hydrogen-bond donors (Lipinski definition) is 1. The van der Waals surface area contributed by atoms with Gasteiger partial charge < -0.3 is 5.32 Å². The molecule has 96 valence electrons. The Hall–Kier alpha value is -1.78. The monoisotopic (exact) mass is 269 g/mol. The highest BCUT2D eigenvalue weighted by molar-refractivity contribution is 7.11. The fourth-order valence-electron chi connectivity index (χ4n) is 2.26. The summed E-state index contributed by atoms with van der Waals surface area (Å²) in [7, 11) is 1.98. The Morgan fingerprint density at radius 2 is 2.11 bits per heavy atom. The highest BCUT2D eigenvalue weighted by Crippen LogP contribution is 2.28. The number of nitrogens with one attached hydrogen (secondary N) is 1. The maximum absolute atomic E-state index is 4.35. The standard InChI is InChI=1S/C15H15N3S/c1-10-18-9-14(19-10)15(16-2)12-5-6-13-11(8-12)4-3-7-17-13/h3-9,15-16H,1-2H3. The van der Waals surface area contributed by atoms with Gasteiger partial charge in [-0.3, -0.25) is 4.98 Å². The van der Waals surface area contributed by atoms with E-state index in [2.05, 4.69) is 39.6 Å². The van der Waals surface area contributed by atoms with Gasteiger partial charge in [-0.1, -0.05) is 12.1 Å². The number of rotatable bonds is 3. The fourth-order valence-corrected chi connectivity index (χ4v) is 3.18. The highest BCUT2D eigenvalue weighted by atomic mass is 32.1. The third-order valence-electron chi connectivity index (χ3n) is 3.17. The molecule has 3 aromatic rings. The van der Waals surface area contributed by atoms with E-state index in [0.29, 0.717) is 0 Å². The molecule has 1 unspecified atom stereocenters. The minimum atomic E-state index is 0.191. The first-order chi connectivity index (χ1) is 9.28. The van der Waals surface area contributed by atoms with Crippen molar-refractivity contribution in [1.82, 2.24) is 15.3 Å². The average Bonchev–Trinajstić information content (AvgIpc) is 2.86. The van der Waals surface area contributed by atoms with Crippen molar-refractivity contribution in [2.45, 2.75) is 13.0 Å². The topological polar surface area (TPSA) is 37.8 Å². The van der Waals surface area contributed by atoms with E-state index in [0.717, 1.165) is 10.5 Å². The van der Waals surface area contributed by atoms with Gasteiger partial charge in [0.15, 0.2) is 0 Å². The van der Waals surface area contributed by atoms with E-state index >= 15 is 0 Å². The quantitative estimate of drug-likeness (QED) is 0.792. The smallest absolute Gasteiger partial charge is 0.0897 e. The molecule has 4 heteroatoms. The van der Waals surface area contributed by atoms with Crippen LogP contribution in [0.1, 0.15) is 21.5 Å². The Kier molecular flexibility index (Phi) is 3.27. The molecule has 19 heavy (non-hydrogen) atoms. The Labute approximate surface area is 116 Å². The predicted octanol–water partition coefficient (Wildman–Crippen LogP) is 3.31. The Morgan fingerprint density at radius 1 is 1.21 bits per heavy atom. The van der Waals surface area contributed by atoms with Crippen LogP contribution in [0.2, 0.25) is 0 Å². The summed E-state index contributed by atoms with van der Waals surface area (Å²) < 4.78 is 0. The van der Waals surface area contributed by atoms with E-state index in [1.54, 1.807) is 11.3 Å². The van der Waals surface area contributed by atoms with Crippen molar-refractivity contribution in [2.24, 2.45) is 0 Å². The summed E-state index contributed by atoms with van der Waals surface area (Å²) in [5, 5.41) is 5.63. The molecule has 0 aliphatic carbocycles. The first-order valence-corrected chi connectivity index (χ1v) is 7.04. The van der Waals surface area contributed by atoms with E-state index < -0.39 is 0 Å². The molecule has 1 N–H and O–H groups in total. The first-order valence-electron chi connectivity index (χ1n) is 6.22. The van der Waals surface area contributed by atoms with Crippen LogP contribution in [0.4, 0.5) is 0 Å². The molecule has 0 fully saturated rings. The van der Waals surface area contributed by atoms with Crippen LogP contribution in [-0.2, 0) is 0 Å². The summed E-state index contributed by atoms with van der Waals surface area (Å²) in [5.74, 6) is 0. The molecule has 0 spiro atoms. The lowest BCUT2D eigenvalue weighted by atomic mass is 10.0. The van der Waals surface area contributed by atoms with Gasteiger partial charge in [-0.15, -0.1) is 11.3 Å². The lowest BCUT2D eigenvalue weighted by molar-refractivity contribution is 0.703. The van der Waals surface area contributed by atoms with Crippen LogP contribution in [-0.4, -0.2) is 17.0 Å². The molecule has 0 radical (unpaired) electrons. The van der Waals surface area contributed by atoms with Crippen LogP contribution in [0.15, 0.2) is 42.7 Å². The number of aromatic nitrogens is 2. The van der Waals surface area contributed by atoms with Gasteiger partial charge in [0, 0.05) is 22.7 Å². The van der Waals surface area contributed by atoms with Gasteiger partial charge in [-0.05, 0) is 37.7 Å². The molecule has 2 aromatic heterocycles. The number of pyridine rings is 1. The van der Waals surface area contributed by atoms with Crippen molar-refractivity contribution in [2.75, 3.05) is 7.05 Å². The van der Waals surface area contributed by atoms with Crippen LogP contribution < -0.4 is 5.32 Å². The SMILES string of the molecule is CNC(c1ccc2ncccc2c1)c1cnc(C)s1. The number of aryl methyl sites for hydroxylation is 1. The van der Waals surface area contributed by atoms with Crippen LogP contribution in [0.25, 0.3) is 10.9 Å². The summed E-state index contributed by atoms with van der Waals surface area (Å²) in [6, 6.07) is 10.6. The normalized spacial score (nSPS) is 12.7. The van der Waals surface area contributed by atoms with Gasteiger partial charge in [-0.2, -0.15) is 0 Å². The molecule has 0 amide bonds. The molecule has 0 bridgehead atoms. The van der Waals surface area contributed by atoms with Crippen LogP contribution >= 0.6 is 11.3 Å². The van der Waals surface area contributed by atoms with Crippen LogP contribution in [0.3, 0.4) is 0 Å². The van der Waals surface area contributed by atoms with Gasteiger partial charge >= 0.3 is 0 Å². The fraction of sp³-hybridized carbons (Fsp3) is 0.200. The van der Waals surface area contributed by atoms with E-state index in [-0.39, 0.29) is 6.04 Å². The molecule has 3 nitrogen and oxygen atoms in total. The van der Waals surface area contributed by atoms with Crippen molar-refractivity contribution >= 4 is 22.2 Å². The zero-order valence-corrected chi connectivity index (χ0v) is 11.7. The average molecular weight is 269 g/mol. The predicted molar refractivity (Wildman–Crippen MR) is 79.5 cm³/mol. The summed E-state index contributed by atoms with van der Waals surface area (Å²) in [6.45, 7) is 2.03. The molecule has 0 saturated heterocycles. The minimum Gasteiger partial charge on any atom is -0.309 e. The van der Waals surface area contributed by atoms with Gasteiger partial charge in [0.2, 0.25) is 0 Å². The third-order valence-corrected chi connectivity index (χ3v) is 4.15. The maximum Gasteiger partial charge on any atom is 0.0897 e. The Bertz CT molecular complexity index is 705. The number of thiazole rings is 1. The van der Waals surface area contributed by atoms with Gasteiger partial charge in [0.1, 0.15) is 0 Å². The molecular formula is C15H15N3S. The second-order valence-corrected chi connectivity index (χ2v) is 5.73. The molecule has 2 heterocycles. The van der Waals surface area contributed by atoms with Crippen molar-refractivity contribution < 1.29 is 0 Å². The van der Waals surface area contributed by atoms with E-state index in [4.69, 9.17) is 0 Å². The molecular weight excluding hydrogens is 254 g/mol. The minimum absolute atomic E-state index is 0.191. The van der Waals surface area contributed by atoms with Gasteiger partial charge in [0.25, 0.3) is 0 Å². The summed E-state index contributed by atoms with van der Waals surface area (Å²) >= 11 is 1.73.